The van der Waals surface area contributed by atoms with Crippen molar-refractivity contribution in [2.24, 2.45) is 0 Å². The van der Waals surface area contributed by atoms with Crippen molar-refractivity contribution < 1.29 is 9.90 Å². The molecule has 0 aliphatic rings. The Balaban J connectivity index is 2.01. The molecule has 0 aliphatic heterocycles. The number of rotatable bonds is 6. The maximum atomic E-state index is 11.4. The molecule has 1 N–H and O–H groups in total. The fourth-order valence-corrected chi connectivity index (χ4v) is 4.05. The summed E-state index contributed by atoms with van der Waals surface area (Å²) in [5, 5.41) is 19.5. The van der Waals surface area contributed by atoms with Gasteiger partial charge in [0.1, 0.15) is 0 Å². The first-order valence-electron chi connectivity index (χ1n) is 8.20. The monoisotopic (exact) mass is 428 g/mol. The van der Waals surface area contributed by atoms with Gasteiger partial charge in [-0.05, 0) is 60.5 Å². The summed E-state index contributed by atoms with van der Waals surface area (Å²) < 4.78 is 1.90. The highest BCUT2D eigenvalue weighted by atomic mass is 35.5. The van der Waals surface area contributed by atoms with E-state index < -0.39 is 5.97 Å². The molecule has 3 aromatic carbocycles. The molecular weight excluding hydrogens is 415 g/mol. The summed E-state index contributed by atoms with van der Waals surface area (Å²) in [6.45, 7) is 0.350. The largest absolute Gasteiger partial charge is 0.478 e. The second kappa shape index (κ2) is 9.03. The highest BCUT2D eigenvalue weighted by Gasteiger charge is 2.16. The van der Waals surface area contributed by atoms with Crippen LogP contribution in [0.5, 0.6) is 0 Å². The van der Waals surface area contributed by atoms with Crippen LogP contribution in [0.1, 0.15) is 21.5 Å². The Morgan fingerprint density at radius 2 is 1.71 bits per heavy atom. The molecule has 0 saturated carbocycles. The Morgan fingerprint density at radius 3 is 2.39 bits per heavy atom. The molecule has 140 valence electrons. The average Bonchev–Trinajstić information content (AvgIpc) is 2.70. The van der Waals surface area contributed by atoms with Crippen LogP contribution in [-0.4, -0.2) is 11.1 Å². The summed E-state index contributed by atoms with van der Waals surface area (Å²) in [5.41, 5.74) is 2.14. The molecule has 0 heterocycles. The van der Waals surface area contributed by atoms with Gasteiger partial charge >= 0.3 is 5.97 Å². The third-order valence-corrected chi connectivity index (χ3v) is 5.66. The summed E-state index contributed by atoms with van der Waals surface area (Å²) in [5.74, 6) is -1.01. The molecule has 0 bridgehead atoms. The molecule has 0 aromatic heterocycles. The van der Waals surface area contributed by atoms with Gasteiger partial charge in [0.25, 0.3) is 0 Å². The van der Waals surface area contributed by atoms with E-state index in [0.29, 0.717) is 27.8 Å². The van der Waals surface area contributed by atoms with E-state index in [1.54, 1.807) is 48.5 Å². The highest BCUT2D eigenvalue weighted by Crippen LogP contribution is 2.35. The van der Waals surface area contributed by atoms with Crippen LogP contribution < -0.4 is 4.31 Å². The lowest BCUT2D eigenvalue weighted by Crippen LogP contribution is -2.15. The van der Waals surface area contributed by atoms with E-state index in [-0.39, 0.29) is 5.56 Å². The van der Waals surface area contributed by atoms with Crippen LogP contribution in [0.2, 0.25) is 10.0 Å². The van der Waals surface area contributed by atoms with Gasteiger partial charge in [-0.3, -0.25) is 0 Å². The number of carboxylic acids is 1. The lowest BCUT2D eigenvalue weighted by Gasteiger charge is -2.25. The third kappa shape index (κ3) is 4.79. The number of hydrogen-bond acceptors (Lipinski definition) is 4. The second-order valence-corrected chi connectivity index (χ2v) is 7.73. The summed E-state index contributed by atoms with van der Waals surface area (Å²) in [4.78, 5) is 12.2. The van der Waals surface area contributed by atoms with Crippen molar-refractivity contribution in [1.82, 2.24) is 0 Å². The first-order valence-corrected chi connectivity index (χ1v) is 9.73. The number of nitrogens with zero attached hydrogens (tertiary/aromatic N) is 2. The lowest BCUT2D eigenvalue weighted by atomic mass is 10.2. The lowest BCUT2D eigenvalue weighted by molar-refractivity contribution is 0.0697. The van der Waals surface area contributed by atoms with Crippen LogP contribution >= 0.6 is 35.1 Å². The van der Waals surface area contributed by atoms with Crippen molar-refractivity contribution in [2.45, 2.75) is 11.4 Å². The maximum absolute atomic E-state index is 11.4. The molecule has 0 aliphatic carbocycles. The number of benzene rings is 3. The van der Waals surface area contributed by atoms with Gasteiger partial charge in [0, 0.05) is 26.2 Å². The Hall–Kier alpha value is -2.65. The fraction of sp³-hybridized carbons (Fsp3) is 0.0476. The first-order chi connectivity index (χ1) is 13.5. The van der Waals surface area contributed by atoms with Gasteiger partial charge in [0.2, 0.25) is 0 Å². The summed E-state index contributed by atoms with van der Waals surface area (Å²) in [6.07, 6.45) is 0. The molecule has 0 saturated heterocycles. The standard InChI is InChI=1S/C21H14Cl2N2O2S/c22-19-8-3-9-20(23)18(19)13-25(16-6-2-5-15(11-16)21(26)27)28-17-7-1-4-14(10-17)12-24/h1-11H,13H2,(H,26,27). The highest BCUT2D eigenvalue weighted by molar-refractivity contribution is 8.00. The van der Waals surface area contributed by atoms with E-state index in [1.165, 1.54) is 18.0 Å². The molecule has 0 amide bonds. The van der Waals surface area contributed by atoms with E-state index in [2.05, 4.69) is 6.07 Å². The Kier molecular flexibility index (Phi) is 6.48. The SMILES string of the molecule is N#Cc1cccc(SN(Cc2c(Cl)cccc2Cl)c2cccc(C(=O)O)c2)c1. The minimum Gasteiger partial charge on any atom is -0.478 e. The van der Waals surface area contributed by atoms with Gasteiger partial charge < -0.3 is 9.41 Å². The van der Waals surface area contributed by atoms with Crippen molar-refractivity contribution in [3.8, 4) is 6.07 Å². The summed E-state index contributed by atoms with van der Waals surface area (Å²) >= 11 is 14.0. The predicted molar refractivity (Wildman–Crippen MR) is 113 cm³/mol. The Bertz CT molecular complexity index is 1050. The van der Waals surface area contributed by atoms with Crippen LogP contribution in [-0.2, 0) is 6.54 Å². The minimum absolute atomic E-state index is 0.180. The number of halogens is 2. The van der Waals surface area contributed by atoms with Gasteiger partial charge in [-0.15, -0.1) is 0 Å². The third-order valence-electron chi connectivity index (χ3n) is 3.92. The molecule has 7 heteroatoms. The minimum atomic E-state index is -1.01. The molecule has 3 aromatic rings. The number of anilines is 1. The molecule has 0 atom stereocenters. The number of hydrogen-bond donors (Lipinski definition) is 1. The van der Waals surface area contributed by atoms with Crippen LogP contribution in [0.25, 0.3) is 0 Å². The average molecular weight is 429 g/mol. The first kappa shape index (κ1) is 20.1. The zero-order valence-corrected chi connectivity index (χ0v) is 16.8. The van der Waals surface area contributed by atoms with Crippen molar-refractivity contribution in [3.63, 3.8) is 0 Å². The number of carboxylic acid groups (broad SMARTS) is 1. The van der Waals surface area contributed by atoms with E-state index in [9.17, 15) is 9.90 Å². The smallest absolute Gasteiger partial charge is 0.335 e. The van der Waals surface area contributed by atoms with Gasteiger partial charge in [-0.2, -0.15) is 5.26 Å². The van der Waals surface area contributed by atoms with Crippen molar-refractivity contribution in [3.05, 3.63) is 93.5 Å². The van der Waals surface area contributed by atoms with Gasteiger partial charge in [0.05, 0.1) is 23.7 Å². The van der Waals surface area contributed by atoms with Gasteiger partial charge in [-0.25, -0.2) is 4.79 Å². The van der Waals surface area contributed by atoms with Gasteiger partial charge in [0.15, 0.2) is 0 Å². The fourth-order valence-electron chi connectivity index (χ4n) is 2.55. The van der Waals surface area contributed by atoms with Crippen LogP contribution in [0.3, 0.4) is 0 Å². The number of carbonyl (C=O) groups is 1. The molecule has 4 nitrogen and oxygen atoms in total. The summed E-state index contributed by atoms with van der Waals surface area (Å²) in [7, 11) is 0. The van der Waals surface area contributed by atoms with E-state index in [1.807, 2.05) is 16.4 Å². The Morgan fingerprint density at radius 1 is 1.04 bits per heavy atom. The predicted octanol–water partition coefficient (Wildman–Crippen LogP) is 6.28. The number of aromatic carboxylic acids is 1. The van der Waals surface area contributed by atoms with Crippen LogP contribution in [0.4, 0.5) is 5.69 Å². The van der Waals surface area contributed by atoms with Crippen molar-refractivity contribution in [1.29, 1.82) is 5.26 Å². The topological polar surface area (TPSA) is 64.3 Å². The quantitative estimate of drug-likeness (QED) is 0.468. The molecule has 0 fully saturated rings. The van der Waals surface area contributed by atoms with Crippen molar-refractivity contribution in [2.75, 3.05) is 4.31 Å². The normalized spacial score (nSPS) is 10.3. The van der Waals surface area contributed by atoms with Gasteiger partial charge in [-0.1, -0.05) is 41.4 Å². The molecule has 0 spiro atoms. The molecule has 0 radical (unpaired) electrons. The second-order valence-electron chi connectivity index (χ2n) is 5.82. The zero-order valence-electron chi connectivity index (χ0n) is 14.5. The number of nitriles is 1. The molecule has 28 heavy (non-hydrogen) atoms. The van der Waals surface area contributed by atoms with Crippen molar-refractivity contribution >= 4 is 46.8 Å². The molecule has 0 unspecified atom stereocenters. The van der Waals surface area contributed by atoms with Crippen LogP contribution in [0.15, 0.2) is 71.6 Å². The van der Waals surface area contributed by atoms with E-state index in [0.717, 1.165) is 10.5 Å². The molecular formula is C21H14Cl2N2O2S. The van der Waals surface area contributed by atoms with E-state index in [4.69, 9.17) is 28.5 Å². The van der Waals surface area contributed by atoms with E-state index >= 15 is 0 Å². The Labute approximate surface area is 177 Å². The maximum Gasteiger partial charge on any atom is 0.335 e. The zero-order chi connectivity index (χ0) is 20.1. The van der Waals surface area contributed by atoms with Crippen LogP contribution in [0, 0.1) is 11.3 Å². The summed E-state index contributed by atoms with van der Waals surface area (Å²) in [6, 6.07) is 21.2. The molecule has 3 rings (SSSR count).